The topological polar surface area (TPSA) is 15.3 Å². The Balaban J connectivity index is 4.49. The summed E-state index contributed by atoms with van der Waals surface area (Å²) in [5.41, 5.74) is 0.423. The van der Waals surface area contributed by atoms with E-state index in [1.165, 1.54) is 51.7 Å². The highest BCUT2D eigenvalue weighted by Gasteiger charge is 2.26. The zero-order valence-corrected chi connectivity index (χ0v) is 15.1. The highest BCUT2D eigenvalue weighted by Crippen LogP contribution is 2.25. The van der Waals surface area contributed by atoms with Crippen molar-refractivity contribution >= 4 is 0 Å². The van der Waals surface area contributed by atoms with Gasteiger partial charge in [0.05, 0.1) is 0 Å². The second-order valence-electron chi connectivity index (χ2n) is 6.75. The smallest absolute Gasteiger partial charge is 0.00475 e. The highest BCUT2D eigenvalue weighted by atomic mass is 15.1. The summed E-state index contributed by atoms with van der Waals surface area (Å²) in [5, 5.41) is 3.64. The first kappa shape index (κ1) is 19.9. The first-order chi connectivity index (χ1) is 9.55. The Labute approximate surface area is 128 Å². The predicted octanol–water partition coefficient (Wildman–Crippen LogP) is 4.55. The van der Waals surface area contributed by atoms with Gasteiger partial charge in [-0.3, -0.25) is 0 Å². The third-order valence-corrected chi connectivity index (χ3v) is 4.56. The zero-order valence-electron chi connectivity index (χ0n) is 15.1. The van der Waals surface area contributed by atoms with Crippen LogP contribution in [0.2, 0.25) is 0 Å². The van der Waals surface area contributed by atoms with Crippen LogP contribution in [0.25, 0.3) is 0 Å². The van der Waals surface area contributed by atoms with E-state index >= 15 is 0 Å². The molecule has 0 rings (SSSR count). The van der Waals surface area contributed by atoms with Crippen molar-refractivity contribution in [2.75, 3.05) is 32.7 Å². The molecule has 0 aromatic heterocycles. The van der Waals surface area contributed by atoms with Crippen molar-refractivity contribution in [1.29, 1.82) is 0 Å². The van der Waals surface area contributed by atoms with Crippen LogP contribution in [-0.2, 0) is 0 Å². The summed E-state index contributed by atoms with van der Waals surface area (Å²) in [4.78, 5) is 2.68. The fourth-order valence-corrected chi connectivity index (χ4v) is 3.15. The van der Waals surface area contributed by atoms with Crippen molar-refractivity contribution in [1.82, 2.24) is 10.2 Å². The Morgan fingerprint density at radius 1 is 1.00 bits per heavy atom. The second kappa shape index (κ2) is 11.6. The van der Waals surface area contributed by atoms with Gasteiger partial charge >= 0.3 is 0 Å². The quantitative estimate of drug-likeness (QED) is 0.499. The van der Waals surface area contributed by atoms with Crippen LogP contribution in [0.1, 0.15) is 73.6 Å². The van der Waals surface area contributed by atoms with Crippen LogP contribution in [0.15, 0.2) is 0 Å². The maximum atomic E-state index is 3.64. The normalized spacial score (nSPS) is 15.0. The Bertz CT molecular complexity index is 213. The van der Waals surface area contributed by atoms with Gasteiger partial charge in [0.25, 0.3) is 0 Å². The Morgan fingerprint density at radius 2 is 1.65 bits per heavy atom. The van der Waals surface area contributed by atoms with Gasteiger partial charge in [0.15, 0.2) is 0 Å². The number of rotatable bonds is 13. The molecule has 20 heavy (non-hydrogen) atoms. The molecule has 2 heteroatoms. The molecule has 0 radical (unpaired) electrons. The average molecular weight is 285 g/mol. The van der Waals surface area contributed by atoms with E-state index in [0.29, 0.717) is 5.41 Å². The molecule has 1 atom stereocenters. The summed E-state index contributed by atoms with van der Waals surface area (Å²) < 4.78 is 0. The largest absolute Gasteiger partial charge is 0.316 e. The molecule has 0 bridgehead atoms. The summed E-state index contributed by atoms with van der Waals surface area (Å²) in [7, 11) is 0. The molecule has 0 fully saturated rings. The summed E-state index contributed by atoms with van der Waals surface area (Å²) in [5.74, 6) is 0.865. The van der Waals surface area contributed by atoms with Gasteiger partial charge in [-0.2, -0.15) is 0 Å². The minimum absolute atomic E-state index is 0.423. The maximum Gasteiger partial charge on any atom is 0.00475 e. The Kier molecular flexibility index (Phi) is 11.5. The van der Waals surface area contributed by atoms with E-state index in [-0.39, 0.29) is 0 Å². The van der Waals surface area contributed by atoms with E-state index in [2.05, 4.69) is 51.8 Å². The molecular formula is C18H40N2. The lowest BCUT2D eigenvalue weighted by Gasteiger charge is -2.37. The molecule has 1 N–H and O–H groups in total. The van der Waals surface area contributed by atoms with E-state index in [4.69, 9.17) is 0 Å². The summed E-state index contributed by atoms with van der Waals surface area (Å²) in [6.45, 7) is 20.0. The first-order valence-electron chi connectivity index (χ1n) is 8.98. The van der Waals surface area contributed by atoms with Crippen LogP contribution >= 0.6 is 0 Å². The molecule has 1 unspecified atom stereocenters. The third-order valence-electron chi connectivity index (χ3n) is 4.56. The Morgan fingerprint density at radius 3 is 2.10 bits per heavy atom. The molecular weight excluding hydrogens is 244 g/mol. The lowest BCUT2D eigenvalue weighted by Crippen LogP contribution is -2.44. The summed E-state index contributed by atoms with van der Waals surface area (Å²) >= 11 is 0. The van der Waals surface area contributed by atoms with E-state index in [0.717, 1.165) is 19.0 Å². The van der Waals surface area contributed by atoms with Gasteiger partial charge in [0.1, 0.15) is 0 Å². The molecule has 0 aliphatic rings. The number of hydrogen-bond donors (Lipinski definition) is 1. The molecule has 0 saturated heterocycles. The standard InChI is InChI=1S/C18H40N2/c1-7-12-18(6,15-19-13-8-2)16-20(11-5)14-17(9-3)10-4/h17,19H,7-16H2,1-6H3. The van der Waals surface area contributed by atoms with E-state index in [9.17, 15) is 0 Å². The molecule has 2 nitrogen and oxygen atoms in total. The van der Waals surface area contributed by atoms with Gasteiger partial charge in [0, 0.05) is 19.6 Å². The summed E-state index contributed by atoms with van der Waals surface area (Å²) in [6, 6.07) is 0. The maximum absolute atomic E-state index is 3.64. The van der Waals surface area contributed by atoms with Gasteiger partial charge in [-0.25, -0.2) is 0 Å². The molecule has 0 aromatic carbocycles. The summed E-state index contributed by atoms with van der Waals surface area (Å²) in [6.07, 6.45) is 6.46. The third kappa shape index (κ3) is 8.26. The molecule has 0 aliphatic heterocycles. The lowest BCUT2D eigenvalue weighted by atomic mass is 9.84. The monoisotopic (exact) mass is 284 g/mol. The first-order valence-corrected chi connectivity index (χ1v) is 8.98. The van der Waals surface area contributed by atoms with Crippen LogP contribution in [-0.4, -0.2) is 37.6 Å². The van der Waals surface area contributed by atoms with Crippen molar-refractivity contribution in [2.24, 2.45) is 11.3 Å². The molecule has 0 aliphatic carbocycles. The van der Waals surface area contributed by atoms with Crippen molar-refractivity contribution in [3.63, 3.8) is 0 Å². The molecule has 122 valence electrons. The predicted molar refractivity (Wildman–Crippen MR) is 92.4 cm³/mol. The van der Waals surface area contributed by atoms with Gasteiger partial charge in [-0.15, -0.1) is 0 Å². The average Bonchev–Trinajstić information content (AvgIpc) is 2.44. The fraction of sp³-hybridized carbons (Fsp3) is 1.00. The SMILES string of the molecule is CCCNCC(C)(CCC)CN(CC)CC(CC)CC. The van der Waals surface area contributed by atoms with Crippen LogP contribution in [0.4, 0.5) is 0 Å². The van der Waals surface area contributed by atoms with Crippen LogP contribution in [0.5, 0.6) is 0 Å². The highest BCUT2D eigenvalue weighted by molar-refractivity contribution is 4.81. The number of nitrogens with zero attached hydrogens (tertiary/aromatic N) is 1. The van der Waals surface area contributed by atoms with Crippen molar-refractivity contribution in [3.05, 3.63) is 0 Å². The van der Waals surface area contributed by atoms with Crippen molar-refractivity contribution < 1.29 is 0 Å². The van der Waals surface area contributed by atoms with E-state index in [1.54, 1.807) is 0 Å². The second-order valence-corrected chi connectivity index (χ2v) is 6.75. The molecule has 0 aromatic rings. The molecule has 0 amide bonds. The number of nitrogens with one attached hydrogen (secondary N) is 1. The Hall–Kier alpha value is -0.0800. The van der Waals surface area contributed by atoms with E-state index < -0.39 is 0 Å². The van der Waals surface area contributed by atoms with Gasteiger partial charge in [-0.05, 0) is 37.3 Å². The fourth-order valence-electron chi connectivity index (χ4n) is 3.15. The van der Waals surface area contributed by atoms with Crippen molar-refractivity contribution in [3.8, 4) is 0 Å². The van der Waals surface area contributed by atoms with Gasteiger partial charge < -0.3 is 10.2 Å². The molecule has 0 heterocycles. The van der Waals surface area contributed by atoms with Crippen LogP contribution in [0, 0.1) is 11.3 Å². The minimum atomic E-state index is 0.423. The molecule has 0 saturated carbocycles. The van der Waals surface area contributed by atoms with Gasteiger partial charge in [-0.1, -0.05) is 60.8 Å². The van der Waals surface area contributed by atoms with E-state index in [1.807, 2.05) is 0 Å². The number of hydrogen-bond acceptors (Lipinski definition) is 2. The minimum Gasteiger partial charge on any atom is -0.316 e. The molecule has 0 spiro atoms. The van der Waals surface area contributed by atoms with Crippen LogP contribution in [0.3, 0.4) is 0 Å². The zero-order chi connectivity index (χ0) is 15.4. The lowest BCUT2D eigenvalue weighted by molar-refractivity contribution is 0.135. The van der Waals surface area contributed by atoms with Gasteiger partial charge in [0.2, 0.25) is 0 Å². The van der Waals surface area contributed by atoms with Crippen LogP contribution < -0.4 is 5.32 Å². The van der Waals surface area contributed by atoms with Crippen molar-refractivity contribution in [2.45, 2.75) is 73.6 Å².